The topological polar surface area (TPSA) is 46.4 Å². The molecule has 0 atom stereocenters. The van der Waals surface area contributed by atoms with Gasteiger partial charge in [0.1, 0.15) is 0 Å². The van der Waals surface area contributed by atoms with Crippen LogP contribution in [0.5, 0.6) is 0 Å². The predicted molar refractivity (Wildman–Crippen MR) is 119 cm³/mol. The van der Waals surface area contributed by atoms with Gasteiger partial charge in [-0.2, -0.15) is 5.10 Å². The Hall–Kier alpha value is -1.83. The van der Waals surface area contributed by atoms with Gasteiger partial charge >= 0.3 is 0 Å². The van der Waals surface area contributed by atoms with Crippen molar-refractivity contribution in [2.75, 3.05) is 0 Å². The molecule has 1 amide bonds. The molecule has 1 aromatic heterocycles. The molecule has 0 bridgehead atoms. The van der Waals surface area contributed by atoms with Crippen LogP contribution in [-0.2, 0) is 0 Å². The highest BCUT2D eigenvalue weighted by molar-refractivity contribution is 14.1. The molecule has 3 aromatic rings. The quantitative estimate of drug-likeness (QED) is 0.270. The molecule has 4 nitrogen and oxygen atoms in total. The fourth-order valence-corrected chi connectivity index (χ4v) is 3.63. The van der Waals surface area contributed by atoms with Crippen LogP contribution in [0, 0.1) is 17.4 Å². The first-order valence-corrected chi connectivity index (χ1v) is 9.93. The number of hydrogen-bond acceptors (Lipinski definition) is 2. The number of hydrazone groups is 1. The molecule has 0 fully saturated rings. The van der Waals surface area contributed by atoms with Gasteiger partial charge in [0.15, 0.2) is 0 Å². The van der Waals surface area contributed by atoms with Gasteiger partial charge in [0, 0.05) is 31.8 Å². The minimum Gasteiger partial charge on any atom is -0.318 e. The van der Waals surface area contributed by atoms with E-state index in [0.717, 1.165) is 26.2 Å². The molecule has 1 N–H and O–H groups in total. The van der Waals surface area contributed by atoms with E-state index in [1.165, 1.54) is 0 Å². The lowest BCUT2D eigenvalue weighted by atomic mass is 10.2. The molecular weight excluding hydrogens is 496 g/mol. The summed E-state index contributed by atoms with van der Waals surface area (Å²) >= 11 is 14.3. The van der Waals surface area contributed by atoms with E-state index in [1.54, 1.807) is 18.3 Å². The summed E-state index contributed by atoms with van der Waals surface area (Å²) in [5.41, 5.74) is 6.97. The maximum absolute atomic E-state index is 12.2. The average molecular weight is 512 g/mol. The average Bonchev–Trinajstić information content (AvgIpc) is 2.91. The summed E-state index contributed by atoms with van der Waals surface area (Å²) in [7, 11) is 0. The van der Waals surface area contributed by atoms with Crippen molar-refractivity contribution in [3.05, 3.63) is 84.7 Å². The van der Waals surface area contributed by atoms with Crippen molar-refractivity contribution in [3.8, 4) is 5.69 Å². The van der Waals surface area contributed by atoms with Gasteiger partial charge in [-0.1, -0.05) is 29.3 Å². The Morgan fingerprint density at radius 1 is 1.11 bits per heavy atom. The molecule has 0 aliphatic heterocycles. The van der Waals surface area contributed by atoms with Crippen LogP contribution in [0.15, 0.2) is 53.6 Å². The first-order chi connectivity index (χ1) is 12.9. The molecule has 0 unspecified atom stereocenters. The van der Waals surface area contributed by atoms with E-state index in [0.29, 0.717) is 15.6 Å². The second-order valence-electron chi connectivity index (χ2n) is 5.97. The number of hydrogen-bond donors (Lipinski definition) is 1. The molecule has 138 valence electrons. The predicted octanol–water partition coefficient (Wildman–Crippen LogP) is 5.77. The van der Waals surface area contributed by atoms with Crippen LogP contribution < -0.4 is 5.43 Å². The molecule has 7 heteroatoms. The monoisotopic (exact) mass is 511 g/mol. The fraction of sp³-hybridized carbons (Fsp3) is 0.100. The lowest BCUT2D eigenvalue weighted by molar-refractivity contribution is 0.0955. The summed E-state index contributed by atoms with van der Waals surface area (Å²) in [6, 6.07) is 14.8. The van der Waals surface area contributed by atoms with Gasteiger partial charge in [-0.3, -0.25) is 4.79 Å². The Labute approximate surface area is 181 Å². The molecule has 0 aliphatic rings. The van der Waals surface area contributed by atoms with Crippen molar-refractivity contribution < 1.29 is 4.79 Å². The van der Waals surface area contributed by atoms with E-state index in [2.05, 4.69) is 37.7 Å². The van der Waals surface area contributed by atoms with Crippen molar-refractivity contribution in [1.29, 1.82) is 0 Å². The Bertz CT molecular complexity index is 1040. The van der Waals surface area contributed by atoms with Crippen molar-refractivity contribution in [3.63, 3.8) is 0 Å². The minimum absolute atomic E-state index is 0.247. The smallest absolute Gasteiger partial charge is 0.271 e. The van der Waals surface area contributed by atoms with Crippen LogP contribution >= 0.6 is 45.8 Å². The summed E-state index contributed by atoms with van der Waals surface area (Å²) < 4.78 is 3.06. The van der Waals surface area contributed by atoms with Crippen molar-refractivity contribution in [2.45, 2.75) is 13.8 Å². The van der Waals surface area contributed by atoms with Crippen LogP contribution in [0.2, 0.25) is 10.0 Å². The van der Waals surface area contributed by atoms with Crippen LogP contribution in [0.25, 0.3) is 5.69 Å². The fourth-order valence-electron chi connectivity index (χ4n) is 2.79. The number of amides is 1. The molecule has 0 aliphatic carbocycles. The Morgan fingerprint density at radius 3 is 2.59 bits per heavy atom. The van der Waals surface area contributed by atoms with Gasteiger partial charge < -0.3 is 4.57 Å². The van der Waals surface area contributed by atoms with E-state index in [-0.39, 0.29) is 5.91 Å². The summed E-state index contributed by atoms with van der Waals surface area (Å²) in [6.07, 6.45) is 1.64. The second-order valence-corrected chi connectivity index (χ2v) is 8.03. The van der Waals surface area contributed by atoms with Gasteiger partial charge in [-0.15, -0.1) is 0 Å². The number of carbonyl (C=O) groups is 1. The number of nitrogens with zero attached hydrogens (tertiary/aromatic N) is 2. The van der Waals surface area contributed by atoms with Crippen molar-refractivity contribution in [2.24, 2.45) is 5.10 Å². The molecule has 1 heterocycles. The normalized spacial score (nSPS) is 11.1. The van der Waals surface area contributed by atoms with Gasteiger partial charge in [-0.05, 0) is 78.9 Å². The SMILES string of the molecule is Cc1cc(/C=N\NC(=O)c2cccc(I)c2)c(C)n1-c1ccc(Cl)c(Cl)c1. The van der Waals surface area contributed by atoms with E-state index >= 15 is 0 Å². The number of aromatic nitrogens is 1. The van der Waals surface area contributed by atoms with Crippen LogP contribution in [-0.4, -0.2) is 16.7 Å². The van der Waals surface area contributed by atoms with E-state index < -0.39 is 0 Å². The van der Waals surface area contributed by atoms with Crippen molar-refractivity contribution >= 4 is 57.9 Å². The van der Waals surface area contributed by atoms with Gasteiger partial charge in [-0.25, -0.2) is 5.43 Å². The Balaban J connectivity index is 1.81. The Morgan fingerprint density at radius 2 is 1.89 bits per heavy atom. The highest BCUT2D eigenvalue weighted by Gasteiger charge is 2.11. The van der Waals surface area contributed by atoms with Gasteiger partial charge in [0.2, 0.25) is 0 Å². The molecule has 3 rings (SSSR count). The third kappa shape index (κ3) is 4.54. The van der Waals surface area contributed by atoms with E-state index in [4.69, 9.17) is 23.2 Å². The number of nitrogens with one attached hydrogen (secondary N) is 1. The molecule has 2 aromatic carbocycles. The summed E-state index contributed by atoms with van der Waals surface area (Å²) in [5, 5.41) is 5.12. The van der Waals surface area contributed by atoms with Crippen LogP contribution in [0.3, 0.4) is 0 Å². The third-order valence-electron chi connectivity index (χ3n) is 4.09. The lowest BCUT2D eigenvalue weighted by Gasteiger charge is -2.10. The molecule has 0 radical (unpaired) electrons. The zero-order valence-corrected chi connectivity index (χ0v) is 18.3. The molecule has 0 saturated heterocycles. The first kappa shape index (κ1) is 19.9. The highest BCUT2D eigenvalue weighted by Crippen LogP contribution is 2.27. The molecule has 0 spiro atoms. The van der Waals surface area contributed by atoms with E-state index in [1.807, 2.05) is 50.2 Å². The summed E-state index contributed by atoms with van der Waals surface area (Å²) in [5.74, 6) is -0.247. The second kappa shape index (κ2) is 8.46. The molecule has 0 saturated carbocycles. The molecular formula is C20H16Cl2IN3O. The zero-order chi connectivity index (χ0) is 19.6. The number of carbonyl (C=O) groups excluding carboxylic acids is 1. The largest absolute Gasteiger partial charge is 0.318 e. The lowest BCUT2D eigenvalue weighted by Crippen LogP contribution is -2.17. The number of halogens is 3. The number of aryl methyl sites for hydroxylation is 1. The van der Waals surface area contributed by atoms with Gasteiger partial charge in [0.05, 0.1) is 16.3 Å². The van der Waals surface area contributed by atoms with Crippen LogP contribution in [0.4, 0.5) is 0 Å². The minimum atomic E-state index is -0.247. The number of benzene rings is 2. The number of rotatable bonds is 4. The molecule has 27 heavy (non-hydrogen) atoms. The van der Waals surface area contributed by atoms with Crippen LogP contribution in [0.1, 0.15) is 27.3 Å². The zero-order valence-electron chi connectivity index (χ0n) is 14.6. The first-order valence-electron chi connectivity index (χ1n) is 8.10. The van der Waals surface area contributed by atoms with Crippen molar-refractivity contribution in [1.82, 2.24) is 9.99 Å². The maximum Gasteiger partial charge on any atom is 0.271 e. The Kier molecular flexibility index (Phi) is 6.24. The van der Waals surface area contributed by atoms with E-state index in [9.17, 15) is 4.79 Å². The maximum atomic E-state index is 12.2. The third-order valence-corrected chi connectivity index (χ3v) is 5.50. The standard InChI is InChI=1S/C20H16Cl2IN3O/c1-12-8-15(11-24-25-20(27)14-4-3-5-16(23)9-14)13(2)26(12)17-6-7-18(21)19(22)10-17/h3-11H,1-2H3,(H,25,27)/b24-11-. The summed E-state index contributed by atoms with van der Waals surface area (Å²) in [4.78, 5) is 12.2. The highest BCUT2D eigenvalue weighted by atomic mass is 127. The summed E-state index contributed by atoms with van der Waals surface area (Å²) in [6.45, 7) is 3.98. The van der Waals surface area contributed by atoms with Gasteiger partial charge in [0.25, 0.3) is 5.91 Å².